The van der Waals surface area contributed by atoms with E-state index in [0.29, 0.717) is 0 Å². The van der Waals surface area contributed by atoms with E-state index in [-0.39, 0.29) is 19.3 Å². The molecule has 0 aliphatic heterocycles. The van der Waals surface area contributed by atoms with Crippen LogP contribution >= 0.6 is 34.5 Å². The Morgan fingerprint density at radius 3 is 2.45 bits per heavy atom. The second-order valence-corrected chi connectivity index (χ2v) is 7.45. The van der Waals surface area contributed by atoms with E-state index in [1.165, 1.54) is 18.2 Å². The summed E-state index contributed by atoms with van der Waals surface area (Å²) in [4.78, 5) is 10.9. The van der Waals surface area contributed by atoms with Crippen molar-refractivity contribution in [3.63, 3.8) is 0 Å². The quantitative estimate of drug-likeness (QED) is 0.788. The number of rotatable bonds is 4. The monoisotopic (exact) mass is 351 g/mol. The first kappa shape index (κ1) is 15.1. The number of carboxylic acids is 1. The van der Waals surface area contributed by atoms with Crippen LogP contribution in [0.3, 0.4) is 0 Å². The minimum atomic E-state index is -4.16. The van der Waals surface area contributed by atoms with Crippen molar-refractivity contribution >= 4 is 50.6 Å². The van der Waals surface area contributed by atoms with E-state index in [1.807, 2.05) is 0 Å². The number of carbonyl (C=O) groups excluding carboxylic acids is 1. The smallest absolute Gasteiger partial charge is 0.348 e. The van der Waals surface area contributed by atoms with Crippen LogP contribution in [0.25, 0.3) is 0 Å². The summed E-state index contributed by atoms with van der Waals surface area (Å²) in [6.07, 6.45) is 0. The van der Waals surface area contributed by atoms with E-state index in [1.54, 1.807) is 0 Å². The van der Waals surface area contributed by atoms with Crippen molar-refractivity contribution in [2.75, 3.05) is 0 Å². The number of hydrogen-bond donors (Lipinski definition) is 0. The normalized spacial score (nSPS) is 11.3. The Morgan fingerprint density at radius 1 is 1.20 bits per heavy atom. The van der Waals surface area contributed by atoms with Crippen molar-refractivity contribution in [2.45, 2.75) is 4.21 Å². The molecule has 0 unspecified atom stereocenters. The molecule has 0 radical (unpaired) electrons. The van der Waals surface area contributed by atoms with Gasteiger partial charge in [0.2, 0.25) is 0 Å². The maximum atomic E-state index is 12.0. The number of carboxylic acid groups (broad SMARTS) is 1. The van der Waals surface area contributed by atoms with E-state index in [4.69, 9.17) is 27.4 Å². The molecule has 1 heterocycles. The van der Waals surface area contributed by atoms with Crippen LogP contribution in [0.15, 0.2) is 34.5 Å². The van der Waals surface area contributed by atoms with Gasteiger partial charge in [0.1, 0.15) is 0 Å². The average molecular weight is 352 g/mol. The van der Waals surface area contributed by atoms with Gasteiger partial charge in [0, 0.05) is 10.6 Å². The lowest BCUT2D eigenvalue weighted by atomic mass is 10.2. The van der Waals surface area contributed by atoms with Gasteiger partial charge in [-0.25, -0.2) is 0 Å². The molecule has 0 N–H and O–H groups in total. The molecule has 0 spiro atoms. The number of thiophene rings is 1. The van der Waals surface area contributed by atoms with Crippen LogP contribution in [-0.4, -0.2) is 14.4 Å². The Kier molecular flexibility index (Phi) is 4.24. The predicted molar refractivity (Wildman–Crippen MR) is 72.9 cm³/mol. The fraction of sp³-hybridized carbons (Fsp3) is 0. The molecular weight excluding hydrogens is 347 g/mol. The molecule has 0 fully saturated rings. The third-order valence-corrected chi connectivity index (χ3v) is 5.31. The molecule has 1 aromatic carbocycles. The number of carbonyl (C=O) groups is 1. The molecule has 1 aromatic heterocycles. The zero-order chi connectivity index (χ0) is 14.9. The van der Waals surface area contributed by atoms with Gasteiger partial charge in [0.25, 0.3) is 0 Å². The third kappa shape index (κ3) is 3.24. The molecule has 0 atom stereocenters. The van der Waals surface area contributed by atoms with Gasteiger partial charge >= 0.3 is 10.1 Å². The maximum absolute atomic E-state index is 12.0. The van der Waals surface area contributed by atoms with E-state index in [2.05, 4.69) is 0 Å². The minimum Gasteiger partial charge on any atom is -0.545 e. The molecule has 106 valence electrons. The summed E-state index contributed by atoms with van der Waals surface area (Å²) in [6, 6.07) is 6.14. The van der Waals surface area contributed by atoms with E-state index in [0.717, 1.165) is 23.5 Å². The molecule has 0 saturated heterocycles. The van der Waals surface area contributed by atoms with Crippen LogP contribution in [0.1, 0.15) is 10.4 Å². The Balaban J connectivity index is 2.42. The predicted octanol–water partition coefficient (Wildman–Crippen LogP) is 2.19. The van der Waals surface area contributed by atoms with Crippen molar-refractivity contribution in [2.24, 2.45) is 0 Å². The van der Waals surface area contributed by atoms with Gasteiger partial charge in [-0.2, -0.15) is 8.42 Å². The summed E-state index contributed by atoms with van der Waals surface area (Å²) in [6.45, 7) is 0. The molecule has 0 amide bonds. The van der Waals surface area contributed by atoms with Gasteiger partial charge in [-0.05, 0) is 30.3 Å². The van der Waals surface area contributed by atoms with Crippen LogP contribution < -0.4 is 9.29 Å². The molecule has 2 aromatic rings. The van der Waals surface area contributed by atoms with Gasteiger partial charge in [-0.3, -0.25) is 0 Å². The molecule has 5 nitrogen and oxygen atoms in total. The van der Waals surface area contributed by atoms with Crippen molar-refractivity contribution < 1.29 is 22.5 Å². The van der Waals surface area contributed by atoms with Crippen LogP contribution in [0, 0.1) is 0 Å². The van der Waals surface area contributed by atoms with Crippen LogP contribution in [-0.2, 0) is 10.1 Å². The third-order valence-electron chi connectivity index (χ3n) is 2.16. The number of aromatic carboxylic acids is 1. The fourth-order valence-corrected chi connectivity index (χ4v) is 3.89. The Hall–Kier alpha value is -1.28. The van der Waals surface area contributed by atoms with Crippen molar-refractivity contribution in [1.29, 1.82) is 0 Å². The number of benzene rings is 1. The Bertz CT molecular complexity index is 767. The highest BCUT2D eigenvalue weighted by Crippen LogP contribution is 2.30. The first-order chi connectivity index (χ1) is 9.29. The van der Waals surface area contributed by atoms with E-state index >= 15 is 0 Å². The Morgan fingerprint density at radius 2 is 1.90 bits per heavy atom. The lowest BCUT2D eigenvalue weighted by molar-refractivity contribution is -0.255. The van der Waals surface area contributed by atoms with Crippen molar-refractivity contribution in [1.82, 2.24) is 0 Å². The molecule has 9 heteroatoms. The van der Waals surface area contributed by atoms with Gasteiger partial charge in [-0.1, -0.05) is 23.2 Å². The number of halogens is 2. The summed E-state index contributed by atoms with van der Waals surface area (Å²) < 4.78 is 28.8. The molecule has 0 aliphatic carbocycles. The highest BCUT2D eigenvalue weighted by molar-refractivity contribution is 7.89. The average Bonchev–Trinajstić information content (AvgIpc) is 2.78. The molecule has 0 saturated carbocycles. The van der Waals surface area contributed by atoms with Gasteiger partial charge in [-0.15, -0.1) is 11.3 Å². The summed E-state index contributed by atoms with van der Waals surface area (Å²) >= 11 is 12.1. The summed E-state index contributed by atoms with van der Waals surface area (Å²) in [5.74, 6) is -1.97. The van der Waals surface area contributed by atoms with Crippen molar-refractivity contribution in [3.8, 4) is 5.75 Å². The second kappa shape index (κ2) is 5.61. The van der Waals surface area contributed by atoms with Gasteiger partial charge < -0.3 is 14.1 Å². The fourth-order valence-electron chi connectivity index (χ4n) is 1.33. The molecule has 2 rings (SSSR count). The summed E-state index contributed by atoms with van der Waals surface area (Å²) in [5, 5.41) is 11.1. The standard InChI is InChI=1S/C11H6Cl2O5S2/c12-6-1-2-8(7(5-6)11(14)15)18-20(16,17)10-4-3-9(13)19-10/h1-5H,(H,14,15)/p-1. The molecular formula is C11H5Cl2O5S2-. The first-order valence-corrected chi connectivity index (χ1v) is 7.98. The summed E-state index contributed by atoms with van der Waals surface area (Å²) in [5.41, 5.74) is -0.455. The largest absolute Gasteiger partial charge is 0.545 e. The van der Waals surface area contributed by atoms with Gasteiger partial charge in [0.05, 0.1) is 10.3 Å². The topological polar surface area (TPSA) is 83.5 Å². The zero-order valence-corrected chi connectivity index (χ0v) is 12.6. The molecule has 0 aliphatic rings. The zero-order valence-electron chi connectivity index (χ0n) is 9.50. The first-order valence-electron chi connectivity index (χ1n) is 5.00. The lowest BCUT2D eigenvalue weighted by Crippen LogP contribution is -2.23. The van der Waals surface area contributed by atoms with Crippen LogP contribution in [0.5, 0.6) is 5.75 Å². The summed E-state index contributed by atoms with van der Waals surface area (Å²) in [7, 11) is -4.16. The highest BCUT2D eigenvalue weighted by Gasteiger charge is 2.21. The minimum absolute atomic E-state index is 0.119. The lowest BCUT2D eigenvalue weighted by Gasteiger charge is -2.11. The van der Waals surface area contributed by atoms with Crippen LogP contribution in [0.4, 0.5) is 0 Å². The number of hydrogen-bond acceptors (Lipinski definition) is 6. The highest BCUT2D eigenvalue weighted by atomic mass is 35.5. The van der Waals surface area contributed by atoms with E-state index < -0.39 is 21.7 Å². The van der Waals surface area contributed by atoms with Gasteiger partial charge in [0.15, 0.2) is 9.96 Å². The SMILES string of the molecule is O=C([O-])c1cc(Cl)ccc1OS(=O)(=O)c1ccc(Cl)s1. The molecule has 0 bridgehead atoms. The van der Waals surface area contributed by atoms with Crippen molar-refractivity contribution in [3.05, 3.63) is 45.3 Å². The van der Waals surface area contributed by atoms with E-state index in [9.17, 15) is 18.3 Å². The maximum Gasteiger partial charge on any atom is 0.348 e. The van der Waals surface area contributed by atoms with Crippen LogP contribution in [0.2, 0.25) is 9.36 Å². The molecule has 20 heavy (non-hydrogen) atoms. The second-order valence-electron chi connectivity index (χ2n) is 3.52. The Labute approximate surface area is 128 Å².